The van der Waals surface area contributed by atoms with Gasteiger partial charge in [0.1, 0.15) is 17.3 Å². The molecule has 3 atom stereocenters. The minimum absolute atomic E-state index is 0.0131. The lowest BCUT2D eigenvalue weighted by molar-refractivity contribution is -0.141. The van der Waals surface area contributed by atoms with Crippen LogP contribution < -0.4 is 20.9 Å². The van der Waals surface area contributed by atoms with Crippen molar-refractivity contribution in [3.05, 3.63) is 63.3 Å². The molecule has 0 spiro atoms. The zero-order valence-corrected chi connectivity index (χ0v) is 28.0. The first-order valence-electron chi connectivity index (χ1n) is 14.8. The van der Waals surface area contributed by atoms with Gasteiger partial charge in [0, 0.05) is 29.1 Å². The number of halogens is 2. The largest absolute Gasteiger partial charge is 0.524 e. The zero-order chi connectivity index (χ0) is 34.7. The maximum atomic E-state index is 14.3. The molecular weight excluding hydrogens is 676 g/mol. The van der Waals surface area contributed by atoms with Gasteiger partial charge >= 0.3 is 19.9 Å². The Hall–Kier alpha value is -3.81. The number of urea groups is 1. The molecule has 14 nitrogen and oxygen atoms in total. The standard InChI is InChI=1S/C30H36Cl2N5O9P/c1-3-16(2)15-37(28(33)40)27(39)30(11-10-23-21(14-30)20-12-18(31)13-22(32)25(20)34-23)36-26(38)24(35-29(41)42)9-6-17-4-7-19(8-5-17)46-47(43,44)45/h4-5,7-8,12-13,16,24,34-35H,3,6,9-11,14-15H2,1-2H3,(H2,33,40)(H,36,38)(H,41,42)(H2,43,44,45)/t16?,24-,30?/m0/s1. The number of rotatable bonds is 12. The molecule has 254 valence electrons. The van der Waals surface area contributed by atoms with Crippen molar-refractivity contribution in [3.8, 4) is 5.75 Å². The summed E-state index contributed by atoms with van der Waals surface area (Å²) in [4.78, 5) is 74.9. The fourth-order valence-electron chi connectivity index (χ4n) is 5.69. The highest BCUT2D eigenvalue weighted by molar-refractivity contribution is 7.46. The number of nitrogens with one attached hydrogen (secondary N) is 3. The quantitative estimate of drug-likeness (QED) is 0.131. The number of amides is 5. The van der Waals surface area contributed by atoms with Crippen molar-refractivity contribution < 1.29 is 43.2 Å². The zero-order valence-electron chi connectivity index (χ0n) is 25.6. The van der Waals surface area contributed by atoms with Crippen LogP contribution in [-0.4, -0.2) is 66.8 Å². The minimum atomic E-state index is -4.76. The van der Waals surface area contributed by atoms with Crippen LogP contribution in [0.15, 0.2) is 36.4 Å². The average Bonchev–Trinajstić information content (AvgIpc) is 3.35. The topological polar surface area (TPSA) is 224 Å². The van der Waals surface area contributed by atoms with Crippen LogP contribution in [0.3, 0.4) is 0 Å². The number of phosphoric acid groups is 1. The van der Waals surface area contributed by atoms with Crippen molar-refractivity contribution in [1.82, 2.24) is 20.5 Å². The van der Waals surface area contributed by atoms with Gasteiger partial charge in [-0.2, -0.15) is 0 Å². The first-order valence-corrected chi connectivity index (χ1v) is 17.1. The molecule has 4 rings (SSSR count). The number of carbonyl (C=O) groups is 4. The second-order valence-corrected chi connectivity index (χ2v) is 13.7. The molecule has 1 aliphatic carbocycles. The Morgan fingerprint density at radius 3 is 2.45 bits per heavy atom. The van der Waals surface area contributed by atoms with Gasteiger partial charge in [-0.1, -0.05) is 55.6 Å². The highest BCUT2D eigenvalue weighted by atomic mass is 35.5. The molecule has 0 bridgehead atoms. The number of nitrogens with two attached hydrogens (primary N) is 1. The summed E-state index contributed by atoms with van der Waals surface area (Å²) < 4.78 is 15.7. The SMILES string of the molecule is CCC(C)CN(C(N)=O)C(=O)C1(NC(=O)[C@H](CCc2ccc(OP(=O)(O)O)cc2)NC(=O)O)CCc2[nH]c3c(Cl)cc(Cl)cc3c2C1. The number of hydrogen-bond donors (Lipinski definition) is 7. The molecule has 47 heavy (non-hydrogen) atoms. The van der Waals surface area contributed by atoms with Crippen molar-refractivity contribution in [3.63, 3.8) is 0 Å². The summed E-state index contributed by atoms with van der Waals surface area (Å²) in [7, 11) is -4.76. The summed E-state index contributed by atoms with van der Waals surface area (Å²) in [6.45, 7) is 3.77. The van der Waals surface area contributed by atoms with Crippen LogP contribution in [0.4, 0.5) is 9.59 Å². The third-order valence-corrected chi connectivity index (χ3v) is 9.22. The smallest absolute Gasteiger partial charge is 0.465 e. The number of aromatic nitrogens is 1. The number of hydrogen-bond acceptors (Lipinski definition) is 6. The fraction of sp³-hybridized carbons (Fsp3) is 0.400. The summed E-state index contributed by atoms with van der Waals surface area (Å²) >= 11 is 12.8. The van der Waals surface area contributed by atoms with Crippen LogP contribution >= 0.6 is 31.0 Å². The van der Waals surface area contributed by atoms with Gasteiger partial charge in [0.15, 0.2) is 0 Å². The van der Waals surface area contributed by atoms with Crippen LogP contribution in [0.25, 0.3) is 10.9 Å². The summed E-state index contributed by atoms with van der Waals surface area (Å²) in [5.41, 5.74) is 6.67. The van der Waals surface area contributed by atoms with Crippen molar-refractivity contribution in [2.24, 2.45) is 11.7 Å². The molecule has 1 heterocycles. The van der Waals surface area contributed by atoms with Gasteiger partial charge in [-0.25, -0.2) is 14.2 Å². The number of H-pyrrole nitrogens is 1. The van der Waals surface area contributed by atoms with Crippen LogP contribution in [0.5, 0.6) is 5.75 Å². The third-order valence-electron chi connectivity index (χ3n) is 8.26. The molecule has 2 unspecified atom stereocenters. The van der Waals surface area contributed by atoms with Crippen LogP contribution in [-0.2, 0) is 33.4 Å². The van der Waals surface area contributed by atoms with E-state index in [9.17, 15) is 28.8 Å². The fourth-order valence-corrected chi connectivity index (χ4v) is 6.63. The number of aryl methyl sites for hydroxylation is 2. The number of nitrogens with zero attached hydrogens (tertiary/aromatic N) is 1. The van der Waals surface area contributed by atoms with E-state index in [1.165, 1.54) is 24.3 Å². The van der Waals surface area contributed by atoms with E-state index < -0.39 is 43.3 Å². The van der Waals surface area contributed by atoms with E-state index in [0.29, 0.717) is 38.5 Å². The molecule has 0 saturated carbocycles. The van der Waals surface area contributed by atoms with Gasteiger partial charge in [-0.15, -0.1) is 0 Å². The predicted molar refractivity (Wildman–Crippen MR) is 174 cm³/mol. The monoisotopic (exact) mass is 711 g/mol. The number of benzene rings is 2. The van der Waals surface area contributed by atoms with Crippen molar-refractivity contribution >= 4 is 65.9 Å². The van der Waals surface area contributed by atoms with Crippen LogP contribution in [0.1, 0.15) is 49.9 Å². The summed E-state index contributed by atoms with van der Waals surface area (Å²) in [6, 6.07) is 6.65. The number of imide groups is 1. The number of fused-ring (bicyclic) bond motifs is 3. The highest BCUT2D eigenvalue weighted by Gasteiger charge is 2.48. The predicted octanol–water partition coefficient (Wildman–Crippen LogP) is 4.51. The minimum Gasteiger partial charge on any atom is -0.465 e. The van der Waals surface area contributed by atoms with E-state index >= 15 is 0 Å². The van der Waals surface area contributed by atoms with Crippen molar-refractivity contribution in [2.75, 3.05) is 6.54 Å². The molecule has 2 aromatic carbocycles. The van der Waals surface area contributed by atoms with Crippen LogP contribution in [0, 0.1) is 5.92 Å². The molecule has 8 N–H and O–H groups in total. The molecule has 0 aliphatic heterocycles. The van der Waals surface area contributed by atoms with E-state index in [2.05, 4.69) is 20.1 Å². The molecule has 5 amide bonds. The number of carboxylic acid groups (broad SMARTS) is 1. The highest BCUT2D eigenvalue weighted by Crippen LogP contribution is 2.39. The molecule has 1 aromatic heterocycles. The Kier molecular flexibility index (Phi) is 11.1. The maximum absolute atomic E-state index is 14.3. The van der Waals surface area contributed by atoms with Crippen molar-refractivity contribution in [2.45, 2.75) is 64.0 Å². The second kappa shape index (κ2) is 14.5. The Balaban J connectivity index is 1.67. The Morgan fingerprint density at radius 1 is 1.17 bits per heavy atom. The van der Waals surface area contributed by atoms with Crippen molar-refractivity contribution in [1.29, 1.82) is 0 Å². The summed E-state index contributed by atoms with van der Waals surface area (Å²) in [5, 5.41) is 16.0. The number of primary amides is 1. The molecule has 0 saturated heterocycles. The summed E-state index contributed by atoms with van der Waals surface area (Å²) in [6.07, 6.45) is -0.421. The maximum Gasteiger partial charge on any atom is 0.524 e. The normalized spacial score (nSPS) is 17.3. The van der Waals surface area contributed by atoms with Gasteiger partial charge < -0.3 is 31.0 Å². The van der Waals surface area contributed by atoms with Gasteiger partial charge in [-0.05, 0) is 67.0 Å². The van der Waals surface area contributed by atoms with Gasteiger partial charge in [-0.3, -0.25) is 24.3 Å². The molecular formula is C30H36Cl2N5O9P. The Bertz CT molecular complexity index is 1730. The van der Waals surface area contributed by atoms with Gasteiger partial charge in [0.05, 0.1) is 10.5 Å². The van der Waals surface area contributed by atoms with Gasteiger partial charge in [0.25, 0.3) is 5.91 Å². The lowest BCUT2D eigenvalue weighted by Gasteiger charge is -2.40. The molecule has 0 radical (unpaired) electrons. The lowest BCUT2D eigenvalue weighted by Crippen LogP contribution is -2.66. The van der Waals surface area contributed by atoms with E-state index in [1.807, 2.05) is 13.8 Å². The lowest BCUT2D eigenvalue weighted by atomic mass is 9.78. The number of carbonyl (C=O) groups excluding carboxylic acids is 3. The number of aromatic amines is 1. The Morgan fingerprint density at radius 2 is 1.85 bits per heavy atom. The first kappa shape index (κ1) is 36.0. The molecule has 0 fully saturated rings. The van der Waals surface area contributed by atoms with E-state index in [-0.39, 0.29) is 50.3 Å². The third kappa shape index (κ3) is 8.76. The van der Waals surface area contributed by atoms with E-state index in [1.54, 1.807) is 12.1 Å². The molecule has 1 aliphatic rings. The van der Waals surface area contributed by atoms with E-state index in [4.69, 9.17) is 38.7 Å². The first-order chi connectivity index (χ1) is 22.0. The van der Waals surface area contributed by atoms with Gasteiger partial charge in [0.2, 0.25) is 5.91 Å². The second-order valence-electron chi connectivity index (χ2n) is 11.7. The summed E-state index contributed by atoms with van der Waals surface area (Å²) in [5.74, 6) is -1.69. The molecule has 3 aromatic rings. The Labute approximate surface area is 280 Å². The average molecular weight is 713 g/mol. The number of phosphoric ester groups is 1. The van der Waals surface area contributed by atoms with Crippen LogP contribution in [0.2, 0.25) is 10.0 Å². The molecule has 17 heteroatoms. The van der Waals surface area contributed by atoms with E-state index in [0.717, 1.165) is 10.6 Å².